The standard InChI is InChI=1S/C12H17F2N3O4/c1-6(2)20-5-7-9(18)12(13,14)10(21-7)17-4-3-8(15)16-11(17)19/h3-4,6-7,9-10,18H,5H2,1-2H3,(H2,15,16,19)/t7-,9-,10-/m1/s1. The fourth-order valence-electron chi connectivity index (χ4n) is 2.00. The summed E-state index contributed by atoms with van der Waals surface area (Å²) < 4.78 is 39.1. The molecular formula is C12H17F2N3O4. The highest BCUT2D eigenvalue weighted by molar-refractivity contribution is 5.23. The number of anilines is 1. The van der Waals surface area contributed by atoms with Gasteiger partial charge in [-0.25, -0.2) is 4.79 Å². The molecule has 1 aliphatic heterocycles. The SMILES string of the molecule is CC(C)OC[C@H]1O[C@@H](n2ccc(N)nc2=O)C(F)(F)[C@@H]1O. The van der Waals surface area contributed by atoms with Crippen LogP contribution in [0.3, 0.4) is 0 Å². The summed E-state index contributed by atoms with van der Waals surface area (Å²) in [6, 6.07) is 1.20. The molecule has 1 fully saturated rings. The maximum atomic E-state index is 14.1. The summed E-state index contributed by atoms with van der Waals surface area (Å²) in [4.78, 5) is 15.0. The molecule has 2 heterocycles. The molecule has 3 N–H and O–H groups in total. The largest absolute Gasteiger partial charge is 0.384 e. The summed E-state index contributed by atoms with van der Waals surface area (Å²) in [5.74, 6) is -3.73. The van der Waals surface area contributed by atoms with E-state index in [-0.39, 0.29) is 18.5 Å². The van der Waals surface area contributed by atoms with Crippen molar-refractivity contribution in [3.8, 4) is 0 Å². The average molecular weight is 305 g/mol. The lowest BCUT2D eigenvalue weighted by atomic mass is 10.1. The first kappa shape index (κ1) is 15.8. The van der Waals surface area contributed by atoms with E-state index in [2.05, 4.69) is 4.98 Å². The molecule has 1 aromatic rings. The topological polar surface area (TPSA) is 99.6 Å². The Morgan fingerprint density at radius 2 is 2.29 bits per heavy atom. The molecule has 0 bridgehead atoms. The predicted octanol–water partition coefficient (Wildman–Crippen LogP) is 0.144. The van der Waals surface area contributed by atoms with E-state index in [1.165, 1.54) is 6.07 Å². The van der Waals surface area contributed by atoms with E-state index in [1.807, 2.05) is 0 Å². The molecule has 0 unspecified atom stereocenters. The molecule has 21 heavy (non-hydrogen) atoms. The fourth-order valence-corrected chi connectivity index (χ4v) is 2.00. The van der Waals surface area contributed by atoms with Crippen LogP contribution in [0.1, 0.15) is 20.1 Å². The van der Waals surface area contributed by atoms with Gasteiger partial charge in [-0.2, -0.15) is 13.8 Å². The lowest BCUT2D eigenvalue weighted by Crippen LogP contribution is -2.42. The number of aliphatic hydroxyl groups is 1. The molecule has 7 nitrogen and oxygen atoms in total. The van der Waals surface area contributed by atoms with Gasteiger partial charge in [-0.15, -0.1) is 0 Å². The van der Waals surface area contributed by atoms with E-state index >= 15 is 0 Å². The van der Waals surface area contributed by atoms with Crippen molar-refractivity contribution in [3.05, 3.63) is 22.7 Å². The van der Waals surface area contributed by atoms with Gasteiger partial charge in [0.15, 0.2) is 6.10 Å². The van der Waals surface area contributed by atoms with E-state index in [9.17, 15) is 18.7 Å². The van der Waals surface area contributed by atoms with Crippen LogP contribution in [0.25, 0.3) is 0 Å². The predicted molar refractivity (Wildman–Crippen MR) is 68.9 cm³/mol. The van der Waals surface area contributed by atoms with Crippen molar-refractivity contribution in [2.24, 2.45) is 0 Å². The number of aromatic nitrogens is 2. The van der Waals surface area contributed by atoms with Gasteiger partial charge in [-0.1, -0.05) is 0 Å². The summed E-state index contributed by atoms with van der Waals surface area (Å²) in [7, 11) is 0. The number of nitrogens with zero attached hydrogens (tertiary/aromatic N) is 2. The number of ether oxygens (including phenoxy) is 2. The molecule has 0 spiro atoms. The van der Waals surface area contributed by atoms with Gasteiger partial charge in [0, 0.05) is 6.20 Å². The second kappa shape index (κ2) is 5.66. The van der Waals surface area contributed by atoms with Gasteiger partial charge in [0.05, 0.1) is 12.7 Å². The average Bonchev–Trinajstić information content (AvgIpc) is 2.60. The first-order chi connectivity index (χ1) is 9.73. The summed E-state index contributed by atoms with van der Waals surface area (Å²) in [6.45, 7) is 3.25. The Hall–Kier alpha value is -1.58. The van der Waals surface area contributed by atoms with Crippen LogP contribution in [0.4, 0.5) is 14.6 Å². The van der Waals surface area contributed by atoms with Gasteiger partial charge in [0.2, 0.25) is 6.23 Å². The highest BCUT2D eigenvalue weighted by Crippen LogP contribution is 2.42. The summed E-state index contributed by atoms with van der Waals surface area (Å²) in [5, 5.41) is 9.69. The van der Waals surface area contributed by atoms with Crippen molar-refractivity contribution in [3.63, 3.8) is 0 Å². The zero-order chi connectivity index (χ0) is 15.8. The molecule has 2 rings (SSSR count). The first-order valence-electron chi connectivity index (χ1n) is 6.41. The van der Waals surface area contributed by atoms with Crippen LogP contribution in [0.2, 0.25) is 0 Å². The van der Waals surface area contributed by atoms with Gasteiger partial charge in [-0.05, 0) is 19.9 Å². The molecule has 3 atom stereocenters. The zero-order valence-electron chi connectivity index (χ0n) is 11.6. The third kappa shape index (κ3) is 3.04. The van der Waals surface area contributed by atoms with Crippen LogP contribution >= 0.6 is 0 Å². The maximum Gasteiger partial charge on any atom is 0.351 e. The molecule has 0 saturated carbocycles. The minimum absolute atomic E-state index is 0.0854. The van der Waals surface area contributed by atoms with Crippen molar-refractivity contribution in [1.29, 1.82) is 0 Å². The van der Waals surface area contributed by atoms with E-state index in [1.54, 1.807) is 13.8 Å². The number of aliphatic hydroxyl groups excluding tert-OH is 1. The van der Waals surface area contributed by atoms with E-state index < -0.39 is 30.0 Å². The van der Waals surface area contributed by atoms with Gasteiger partial charge in [0.25, 0.3) is 0 Å². The number of alkyl halides is 2. The molecule has 9 heteroatoms. The molecule has 0 aromatic carbocycles. The molecule has 118 valence electrons. The van der Waals surface area contributed by atoms with Gasteiger partial charge in [-0.3, -0.25) is 4.57 Å². The Morgan fingerprint density at radius 1 is 1.62 bits per heavy atom. The minimum atomic E-state index is -3.65. The maximum absolute atomic E-state index is 14.1. The van der Waals surface area contributed by atoms with Crippen molar-refractivity contribution < 1.29 is 23.4 Å². The highest BCUT2D eigenvalue weighted by atomic mass is 19.3. The summed E-state index contributed by atoms with van der Waals surface area (Å²) >= 11 is 0. The normalized spacial score (nSPS) is 28.2. The van der Waals surface area contributed by atoms with Gasteiger partial charge >= 0.3 is 11.6 Å². The number of hydrogen-bond acceptors (Lipinski definition) is 6. The number of halogens is 2. The van der Waals surface area contributed by atoms with Gasteiger partial charge in [0.1, 0.15) is 11.9 Å². The van der Waals surface area contributed by atoms with Crippen LogP contribution in [0.5, 0.6) is 0 Å². The third-order valence-electron chi connectivity index (χ3n) is 3.08. The highest BCUT2D eigenvalue weighted by Gasteiger charge is 2.59. The Labute approximate surface area is 119 Å². The first-order valence-corrected chi connectivity index (χ1v) is 6.41. The number of nitrogens with two attached hydrogens (primary N) is 1. The van der Waals surface area contributed by atoms with Crippen molar-refractivity contribution in [1.82, 2.24) is 9.55 Å². The second-order valence-electron chi connectivity index (χ2n) is 5.07. The number of rotatable bonds is 4. The van der Waals surface area contributed by atoms with Gasteiger partial charge < -0.3 is 20.3 Å². The monoisotopic (exact) mass is 305 g/mol. The Kier molecular flexibility index (Phi) is 4.26. The summed E-state index contributed by atoms with van der Waals surface area (Å²) in [5.41, 5.74) is 4.33. The van der Waals surface area contributed by atoms with Crippen LogP contribution < -0.4 is 11.4 Å². The van der Waals surface area contributed by atoms with Crippen molar-refractivity contribution in [2.75, 3.05) is 12.3 Å². The Bertz CT molecular complexity index is 564. The molecule has 0 aliphatic carbocycles. The molecule has 0 amide bonds. The lowest BCUT2D eigenvalue weighted by Gasteiger charge is -2.20. The lowest BCUT2D eigenvalue weighted by molar-refractivity contribution is -0.141. The molecule has 1 saturated heterocycles. The molecular weight excluding hydrogens is 288 g/mol. The Balaban J connectivity index is 2.25. The van der Waals surface area contributed by atoms with E-state index in [0.717, 1.165) is 6.20 Å². The zero-order valence-corrected chi connectivity index (χ0v) is 11.6. The van der Waals surface area contributed by atoms with Crippen molar-refractivity contribution in [2.45, 2.75) is 44.3 Å². The van der Waals surface area contributed by atoms with E-state index in [0.29, 0.717) is 4.57 Å². The van der Waals surface area contributed by atoms with E-state index in [4.69, 9.17) is 15.2 Å². The minimum Gasteiger partial charge on any atom is -0.384 e. The van der Waals surface area contributed by atoms with Crippen LogP contribution in [0, 0.1) is 0 Å². The number of nitrogen functional groups attached to an aromatic ring is 1. The fraction of sp³-hybridized carbons (Fsp3) is 0.667. The van der Waals surface area contributed by atoms with Crippen molar-refractivity contribution >= 4 is 5.82 Å². The quantitative estimate of drug-likeness (QED) is 0.821. The smallest absolute Gasteiger partial charge is 0.351 e. The molecule has 1 aromatic heterocycles. The van der Waals surface area contributed by atoms with Crippen LogP contribution in [-0.2, 0) is 9.47 Å². The molecule has 1 aliphatic rings. The third-order valence-corrected chi connectivity index (χ3v) is 3.08. The van der Waals surface area contributed by atoms with Crippen LogP contribution in [-0.4, -0.2) is 45.5 Å². The summed E-state index contributed by atoms with van der Waals surface area (Å²) in [6.07, 6.45) is -4.41. The number of hydrogen-bond donors (Lipinski definition) is 2. The molecule has 0 radical (unpaired) electrons. The second-order valence-corrected chi connectivity index (χ2v) is 5.07. The Morgan fingerprint density at radius 3 is 2.86 bits per heavy atom. The van der Waals surface area contributed by atoms with Crippen LogP contribution in [0.15, 0.2) is 17.1 Å².